The lowest BCUT2D eigenvalue weighted by Crippen LogP contribution is -2.51. The number of hydrogen-bond acceptors (Lipinski definition) is 4. The third kappa shape index (κ3) is 9.64. The third-order valence-corrected chi connectivity index (χ3v) is 3.55. The summed E-state index contributed by atoms with van der Waals surface area (Å²) in [5.74, 6) is -0.418. The van der Waals surface area contributed by atoms with Gasteiger partial charge in [-0.2, -0.15) is 11.8 Å². The average Bonchev–Trinajstić information content (AvgIpc) is 2.09. The van der Waals surface area contributed by atoms with Crippen LogP contribution < -0.4 is 5.32 Å². The van der Waals surface area contributed by atoms with Crippen LogP contribution in [0.5, 0.6) is 0 Å². The summed E-state index contributed by atoms with van der Waals surface area (Å²) in [5.41, 5.74) is -1.41. The van der Waals surface area contributed by atoms with Crippen molar-refractivity contribution < 1.29 is 19.4 Å². The van der Waals surface area contributed by atoms with Crippen molar-refractivity contribution in [3.8, 4) is 0 Å². The van der Waals surface area contributed by atoms with Crippen molar-refractivity contribution in [2.75, 3.05) is 5.75 Å². The zero-order chi connectivity index (χ0) is 15.3. The maximum Gasteiger partial charge on any atom is 0.408 e. The Morgan fingerprint density at radius 1 is 1.26 bits per heavy atom. The predicted molar refractivity (Wildman–Crippen MR) is 77.6 cm³/mol. The standard InChI is InChI=1S/C13H25NO4S/c1-9(2)19-8-13(6,7-10(15)16)14-11(17)18-12(3,4)5/h9H,7-8H2,1-6H3,(H,14,17)(H,15,16). The van der Waals surface area contributed by atoms with E-state index in [1.54, 1.807) is 39.5 Å². The number of aliphatic carboxylic acids is 1. The molecule has 5 nitrogen and oxygen atoms in total. The highest BCUT2D eigenvalue weighted by atomic mass is 32.2. The normalized spacial score (nSPS) is 14.9. The van der Waals surface area contributed by atoms with Crippen LogP contribution in [0.4, 0.5) is 4.79 Å². The molecule has 0 radical (unpaired) electrons. The summed E-state index contributed by atoms with van der Waals surface area (Å²) in [7, 11) is 0. The van der Waals surface area contributed by atoms with E-state index in [2.05, 4.69) is 5.32 Å². The Morgan fingerprint density at radius 3 is 2.16 bits per heavy atom. The largest absolute Gasteiger partial charge is 0.481 e. The molecule has 0 saturated carbocycles. The minimum Gasteiger partial charge on any atom is -0.481 e. The Balaban J connectivity index is 4.66. The highest BCUT2D eigenvalue weighted by Gasteiger charge is 2.31. The molecule has 1 amide bonds. The van der Waals surface area contributed by atoms with Crippen LogP contribution in [0.3, 0.4) is 0 Å². The first-order chi connectivity index (χ1) is 8.43. The summed E-state index contributed by atoms with van der Waals surface area (Å²) in [6.45, 7) is 11.1. The maximum atomic E-state index is 11.8. The third-order valence-electron chi connectivity index (χ3n) is 2.08. The van der Waals surface area contributed by atoms with Gasteiger partial charge in [0.05, 0.1) is 12.0 Å². The fourth-order valence-electron chi connectivity index (χ4n) is 1.37. The van der Waals surface area contributed by atoms with Crippen molar-refractivity contribution in [1.82, 2.24) is 5.32 Å². The van der Waals surface area contributed by atoms with Crippen LogP contribution in [0.25, 0.3) is 0 Å². The van der Waals surface area contributed by atoms with E-state index in [9.17, 15) is 9.59 Å². The van der Waals surface area contributed by atoms with Crippen LogP contribution in [0.2, 0.25) is 0 Å². The van der Waals surface area contributed by atoms with E-state index in [0.29, 0.717) is 11.0 Å². The number of carbonyl (C=O) groups excluding carboxylic acids is 1. The molecule has 0 spiro atoms. The van der Waals surface area contributed by atoms with Crippen LogP contribution in [0.1, 0.15) is 48.0 Å². The molecule has 0 aromatic heterocycles. The molecular formula is C13H25NO4S. The molecule has 112 valence electrons. The summed E-state index contributed by atoms with van der Waals surface area (Å²) in [5, 5.41) is 12.0. The summed E-state index contributed by atoms with van der Waals surface area (Å²) in [4.78, 5) is 22.7. The van der Waals surface area contributed by atoms with E-state index in [1.807, 2.05) is 13.8 Å². The summed E-state index contributed by atoms with van der Waals surface area (Å²) >= 11 is 1.61. The number of alkyl carbamates (subject to hydrolysis) is 1. The molecule has 19 heavy (non-hydrogen) atoms. The molecule has 0 aliphatic heterocycles. The Morgan fingerprint density at radius 2 is 1.79 bits per heavy atom. The van der Waals surface area contributed by atoms with Gasteiger partial charge in [-0.1, -0.05) is 13.8 Å². The number of carbonyl (C=O) groups is 2. The van der Waals surface area contributed by atoms with Gasteiger partial charge in [0.25, 0.3) is 0 Å². The van der Waals surface area contributed by atoms with Gasteiger partial charge in [0.15, 0.2) is 0 Å². The van der Waals surface area contributed by atoms with Crippen molar-refractivity contribution in [2.24, 2.45) is 0 Å². The van der Waals surface area contributed by atoms with Gasteiger partial charge in [-0.3, -0.25) is 4.79 Å². The van der Waals surface area contributed by atoms with Gasteiger partial charge in [-0.15, -0.1) is 0 Å². The van der Waals surface area contributed by atoms with E-state index in [1.165, 1.54) is 0 Å². The molecule has 0 rings (SSSR count). The summed E-state index contributed by atoms with van der Waals surface area (Å²) < 4.78 is 5.17. The number of amides is 1. The van der Waals surface area contributed by atoms with Crippen LogP contribution in [0.15, 0.2) is 0 Å². The number of thioether (sulfide) groups is 1. The highest BCUT2D eigenvalue weighted by molar-refractivity contribution is 7.99. The second kappa shape index (κ2) is 7.03. The molecule has 2 N–H and O–H groups in total. The fourth-order valence-corrected chi connectivity index (χ4v) is 2.24. The number of hydrogen-bond donors (Lipinski definition) is 2. The number of carboxylic acids is 1. The molecule has 0 aliphatic carbocycles. The Bertz CT molecular complexity index is 325. The molecule has 0 aromatic carbocycles. The van der Waals surface area contributed by atoms with E-state index < -0.39 is 23.2 Å². The van der Waals surface area contributed by atoms with Gasteiger partial charge in [-0.25, -0.2) is 4.79 Å². The quantitative estimate of drug-likeness (QED) is 0.787. The van der Waals surface area contributed by atoms with Crippen molar-refractivity contribution in [3.05, 3.63) is 0 Å². The smallest absolute Gasteiger partial charge is 0.408 e. The van der Waals surface area contributed by atoms with Gasteiger partial charge in [-0.05, 0) is 32.9 Å². The summed E-state index contributed by atoms with van der Waals surface area (Å²) in [6, 6.07) is 0. The van der Waals surface area contributed by atoms with Gasteiger partial charge in [0, 0.05) is 5.75 Å². The molecule has 0 fully saturated rings. The summed E-state index contributed by atoms with van der Waals surface area (Å²) in [6.07, 6.45) is -0.716. The average molecular weight is 291 g/mol. The maximum absolute atomic E-state index is 11.8. The Labute approximate surface area is 119 Å². The fraction of sp³-hybridized carbons (Fsp3) is 0.846. The lowest BCUT2D eigenvalue weighted by molar-refractivity contribution is -0.138. The zero-order valence-corrected chi connectivity index (χ0v) is 13.4. The molecular weight excluding hydrogens is 266 g/mol. The minimum absolute atomic E-state index is 0.133. The SMILES string of the molecule is CC(C)SCC(C)(CC(=O)O)NC(=O)OC(C)(C)C. The van der Waals surface area contributed by atoms with E-state index in [0.717, 1.165) is 0 Å². The molecule has 0 aliphatic rings. The zero-order valence-electron chi connectivity index (χ0n) is 12.6. The second-order valence-electron chi connectivity index (χ2n) is 6.12. The van der Waals surface area contributed by atoms with Crippen LogP contribution in [-0.2, 0) is 9.53 Å². The second-order valence-corrected chi connectivity index (χ2v) is 7.68. The van der Waals surface area contributed by atoms with Crippen LogP contribution >= 0.6 is 11.8 Å². The Kier molecular flexibility index (Phi) is 6.69. The molecule has 0 bridgehead atoms. The van der Waals surface area contributed by atoms with Crippen LogP contribution in [-0.4, -0.2) is 39.3 Å². The van der Waals surface area contributed by atoms with Crippen molar-refractivity contribution in [3.63, 3.8) is 0 Å². The number of nitrogens with one attached hydrogen (secondary N) is 1. The van der Waals surface area contributed by atoms with E-state index >= 15 is 0 Å². The number of ether oxygens (including phenoxy) is 1. The van der Waals surface area contributed by atoms with Crippen molar-refractivity contribution in [1.29, 1.82) is 0 Å². The molecule has 0 saturated heterocycles. The van der Waals surface area contributed by atoms with Gasteiger partial charge in [0.1, 0.15) is 5.60 Å². The molecule has 6 heteroatoms. The number of rotatable bonds is 6. The van der Waals surface area contributed by atoms with Gasteiger partial charge >= 0.3 is 12.1 Å². The van der Waals surface area contributed by atoms with Crippen molar-refractivity contribution >= 4 is 23.8 Å². The lowest BCUT2D eigenvalue weighted by atomic mass is 10.0. The molecule has 0 heterocycles. The Hall–Kier alpha value is -0.910. The first-order valence-corrected chi connectivity index (χ1v) is 7.33. The van der Waals surface area contributed by atoms with Gasteiger partial charge in [0.2, 0.25) is 0 Å². The first-order valence-electron chi connectivity index (χ1n) is 6.28. The highest BCUT2D eigenvalue weighted by Crippen LogP contribution is 2.21. The van der Waals surface area contributed by atoms with E-state index in [4.69, 9.17) is 9.84 Å². The van der Waals surface area contributed by atoms with Crippen molar-refractivity contribution in [2.45, 2.75) is 64.4 Å². The van der Waals surface area contributed by atoms with E-state index in [-0.39, 0.29) is 6.42 Å². The monoisotopic (exact) mass is 291 g/mol. The lowest BCUT2D eigenvalue weighted by Gasteiger charge is -2.31. The number of carboxylic acid groups (broad SMARTS) is 1. The van der Waals surface area contributed by atoms with Gasteiger partial charge < -0.3 is 15.2 Å². The topological polar surface area (TPSA) is 75.6 Å². The predicted octanol–water partition coefficient (Wildman–Crippen LogP) is 2.89. The molecule has 0 aromatic rings. The minimum atomic E-state index is -0.942. The molecule has 1 unspecified atom stereocenters. The molecule has 1 atom stereocenters. The van der Waals surface area contributed by atoms with Crippen LogP contribution in [0, 0.1) is 0 Å². The first kappa shape index (κ1) is 18.1.